The highest BCUT2D eigenvalue weighted by molar-refractivity contribution is 5.33. The van der Waals surface area contributed by atoms with Gasteiger partial charge in [0.15, 0.2) is 0 Å². The number of nitrogens with zero attached hydrogens (tertiary/aromatic N) is 4. The van der Waals surface area contributed by atoms with E-state index in [1.54, 1.807) is 16.9 Å². The molecule has 1 atom stereocenters. The molecule has 0 fully saturated rings. The van der Waals surface area contributed by atoms with E-state index in [0.717, 1.165) is 17.8 Å². The Morgan fingerprint density at radius 2 is 1.90 bits per heavy atom. The van der Waals surface area contributed by atoms with Crippen LogP contribution in [-0.4, -0.2) is 48.5 Å². The molecule has 31 heavy (non-hydrogen) atoms. The second-order valence-corrected chi connectivity index (χ2v) is 7.54. The van der Waals surface area contributed by atoms with E-state index in [2.05, 4.69) is 40.7 Å². The van der Waals surface area contributed by atoms with Gasteiger partial charge in [0, 0.05) is 43.3 Å². The van der Waals surface area contributed by atoms with Crippen molar-refractivity contribution < 1.29 is 24.2 Å². The largest absolute Gasteiger partial charge is 0.483 e. The number of aromatic nitrogens is 4. The summed E-state index contributed by atoms with van der Waals surface area (Å²) in [5, 5.41) is 21.7. The van der Waals surface area contributed by atoms with Crippen molar-refractivity contribution in [2.45, 2.75) is 39.9 Å². The van der Waals surface area contributed by atoms with Crippen LogP contribution in [0.15, 0.2) is 55.4 Å². The molecule has 0 bridgehead atoms. The van der Waals surface area contributed by atoms with Crippen molar-refractivity contribution in [3.63, 3.8) is 0 Å². The van der Waals surface area contributed by atoms with Crippen LogP contribution in [0.5, 0.6) is 0 Å². The maximum Gasteiger partial charge on any atom is 0.290 e. The fraction of sp³-hybridized carbons (Fsp3) is 0.333. The first-order valence-corrected chi connectivity index (χ1v) is 9.39. The number of carbonyl (C=O) groups is 2. The van der Waals surface area contributed by atoms with Gasteiger partial charge in [-0.25, -0.2) is 14.1 Å². The number of carboxylic acid groups (broad SMARTS) is 2. The van der Waals surface area contributed by atoms with Crippen LogP contribution >= 0.6 is 0 Å². The molecule has 10 heteroatoms. The summed E-state index contributed by atoms with van der Waals surface area (Å²) >= 11 is 0. The van der Waals surface area contributed by atoms with E-state index >= 15 is 0 Å². The molecule has 9 nitrogen and oxygen atoms in total. The van der Waals surface area contributed by atoms with Crippen LogP contribution in [0.1, 0.15) is 26.3 Å². The molecule has 1 unspecified atom stereocenters. The van der Waals surface area contributed by atoms with Gasteiger partial charge in [-0.2, -0.15) is 5.10 Å². The predicted octanol–water partition coefficient (Wildman–Crippen LogP) is 2.81. The first kappa shape index (κ1) is 25.5. The Bertz CT molecular complexity index is 901. The van der Waals surface area contributed by atoms with Gasteiger partial charge in [0.25, 0.3) is 12.9 Å². The van der Waals surface area contributed by atoms with Gasteiger partial charge in [-0.1, -0.05) is 26.8 Å². The van der Waals surface area contributed by atoms with Gasteiger partial charge in [0.2, 0.25) is 0 Å². The van der Waals surface area contributed by atoms with Crippen LogP contribution in [0.4, 0.5) is 4.39 Å². The fourth-order valence-electron chi connectivity index (χ4n) is 2.70. The maximum absolute atomic E-state index is 13.4. The summed E-state index contributed by atoms with van der Waals surface area (Å²) in [5.74, 6) is -0.263. The molecule has 0 saturated heterocycles. The second-order valence-electron chi connectivity index (χ2n) is 7.54. The summed E-state index contributed by atoms with van der Waals surface area (Å²) in [6.45, 7) is 7.71. The molecule has 0 radical (unpaired) electrons. The van der Waals surface area contributed by atoms with Crippen LogP contribution in [0.25, 0.3) is 5.69 Å². The molecule has 0 aliphatic carbocycles. The van der Waals surface area contributed by atoms with Crippen LogP contribution in [0, 0.1) is 11.2 Å². The lowest BCUT2D eigenvalue weighted by molar-refractivity contribution is -0.123. The molecule has 2 aromatic heterocycles. The van der Waals surface area contributed by atoms with Gasteiger partial charge in [-0.05, 0) is 23.6 Å². The molecule has 0 amide bonds. The van der Waals surface area contributed by atoms with Crippen molar-refractivity contribution in [1.29, 1.82) is 0 Å². The first-order valence-electron chi connectivity index (χ1n) is 9.39. The van der Waals surface area contributed by atoms with Crippen molar-refractivity contribution >= 4 is 12.9 Å². The Morgan fingerprint density at radius 1 is 1.23 bits per heavy atom. The number of hydrogen-bond acceptors (Lipinski definition) is 5. The minimum Gasteiger partial charge on any atom is -0.483 e. The predicted molar refractivity (Wildman–Crippen MR) is 113 cm³/mol. The van der Waals surface area contributed by atoms with Gasteiger partial charge in [0.05, 0.1) is 18.2 Å². The third-order valence-electron chi connectivity index (χ3n) is 4.26. The van der Waals surface area contributed by atoms with Crippen molar-refractivity contribution in [2.24, 2.45) is 5.41 Å². The molecule has 0 spiro atoms. The van der Waals surface area contributed by atoms with E-state index in [4.69, 9.17) is 19.8 Å². The van der Waals surface area contributed by atoms with E-state index in [1.165, 1.54) is 12.1 Å². The molecular weight excluding hydrogens is 405 g/mol. The van der Waals surface area contributed by atoms with Crippen molar-refractivity contribution in [1.82, 2.24) is 24.6 Å². The lowest BCUT2D eigenvalue weighted by Crippen LogP contribution is -2.42. The SMILES string of the molecule is CC(C)(C)C(Cn1ccnc1)NCc1cnn(-c2cccc(F)c2)c1.O=CO.O=CO. The van der Waals surface area contributed by atoms with E-state index in [9.17, 15) is 4.39 Å². The number of halogens is 1. The van der Waals surface area contributed by atoms with E-state index in [-0.39, 0.29) is 30.2 Å². The number of benzene rings is 1. The lowest BCUT2D eigenvalue weighted by Gasteiger charge is -2.32. The monoisotopic (exact) mass is 433 g/mol. The highest BCUT2D eigenvalue weighted by atomic mass is 19.1. The van der Waals surface area contributed by atoms with Crippen molar-refractivity contribution in [3.8, 4) is 5.69 Å². The van der Waals surface area contributed by atoms with Crippen LogP contribution in [0.2, 0.25) is 0 Å². The Hall–Kier alpha value is -3.53. The average Bonchev–Trinajstić information content (AvgIpc) is 3.37. The summed E-state index contributed by atoms with van der Waals surface area (Å²) in [6, 6.07) is 6.70. The van der Waals surface area contributed by atoms with Gasteiger partial charge in [-0.15, -0.1) is 0 Å². The third-order valence-corrected chi connectivity index (χ3v) is 4.26. The zero-order valence-electron chi connectivity index (χ0n) is 17.7. The van der Waals surface area contributed by atoms with E-state index in [0.29, 0.717) is 6.54 Å². The smallest absolute Gasteiger partial charge is 0.290 e. The molecular formula is C21H28FN5O4. The zero-order chi connectivity index (χ0) is 23.3. The highest BCUT2D eigenvalue weighted by Gasteiger charge is 2.24. The summed E-state index contributed by atoms with van der Waals surface area (Å²) < 4.78 is 17.1. The van der Waals surface area contributed by atoms with Crippen LogP contribution in [-0.2, 0) is 22.7 Å². The van der Waals surface area contributed by atoms with Gasteiger partial charge in [-0.3, -0.25) is 9.59 Å². The molecule has 0 saturated carbocycles. The highest BCUT2D eigenvalue weighted by Crippen LogP contribution is 2.21. The normalized spacial score (nSPS) is 11.4. The third kappa shape index (κ3) is 9.22. The minimum atomic E-state index is -0.263. The van der Waals surface area contributed by atoms with Gasteiger partial charge < -0.3 is 20.1 Å². The van der Waals surface area contributed by atoms with Crippen LogP contribution in [0.3, 0.4) is 0 Å². The van der Waals surface area contributed by atoms with Crippen molar-refractivity contribution in [3.05, 3.63) is 66.8 Å². The maximum atomic E-state index is 13.4. The molecule has 3 aromatic rings. The Morgan fingerprint density at radius 3 is 2.45 bits per heavy atom. The van der Waals surface area contributed by atoms with Gasteiger partial charge in [0.1, 0.15) is 5.82 Å². The molecule has 3 N–H and O–H groups in total. The summed E-state index contributed by atoms with van der Waals surface area (Å²) in [6.07, 6.45) is 9.35. The summed E-state index contributed by atoms with van der Waals surface area (Å²) in [7, 11) is 0. The Balaban J connectivity index is 0.000000720. The molecule has 168 valence electrons. The van der Waals surface area contributed by atoms with Gasteiger partial charge >= 0.3 is 0 Å². The van der Waals surface area contributed by atoms with E-state index in [1.807, 2.05) is 31.0 Å². The quantitative estimate of drug-likeness (QED) is 0.511. The molecule has 0 aliphatic rings. The Kier molecular flexibility index (Phi) is 10.6. The molecule has 1 aromatic carbocycles. The Labute approximate surface area is 180 Å². The number of imidazole rings is 1. The summed E-state index contributed by atoms with van der Waals surface area (Å²) in [5.41, 5.74) is 1.88. The topological polar surface area (TPSA) is 122 Å². The molecule has 0 aliphatic heterocycles. The van der Waals surface area contributed by atoms with Crippen molar-refractivity contribution in [2.75, 3.05) is 0 Å². The van der Waals surface area contributed by atoms with Crippen LogP contribution < -0.4 is 5.32 Å². The fourth-order valence-corrected chi connectivity index (χ4v) is 2.70. The minimum absolute atomic E-state index is 0.100. The summed E-state index contributed by atoms with van der Waals surface area (Å²) in [4.78, 5) is 20.8. The van der Waals surface area contributed by atoms with E-state index < -0.39 is 0 Å². The second kappa shape index (κ2) is 12.9. The number of hydrogen-bond donors (Lipinski definition) is 3. The number of nitrogens with one attached hydrogen (secondary N) is 1. The first-order chi connectivity index (χ1) is 14.7. The average molecular weight is 433 g/mol. The number of rotatable bonds is 6. The molecule has 3 rings (SSSR count). The zero-order valence-corrected chi connectivity index (χ0v) is 17.7. The standard InChI is InChI=1S/C19H24FN5.2CH2O2/c1-19(2,3)18(13-24-8-7-21-14-24)22-10-15-11-23-25(12-15)17-6-4-5-16(20)9-17;2*2-1-3/h4-9,11-12,14,18,22H,10,13H2,1-3H3;2*1H,(H,2,3). The lowest BCUT2D eigenvalue weighted by atomic mass is 9.86. The molecule has 2 heterocycles.